The van der Waals surface area contributed by atoms with E-state index in [0.29, 0.717) is 12.8 Å². The molecule has 13 heavy (non-hydrogen) atoms. The number of carboxylic acids is 1. The third-order valence-corrected chi connectivity index (χ3v) is 2.01. The van der Waals surface area contributed by atoms with E-state index in [1.54, 1.807) is 14.1 Å². The number of aliphatic carboxylic acids is 1. The molecule has 0 aromatic rings. The normalized spacial score (nSPS) is 27.2. The summed E-state index contributed by atoms with van der Waals surface area (Å²) in [5, 5.41) is 8.60. The number of rotatable bonds is 2. The minimum absolute atomic E-state index is 0.163. The van der Waals surface area contributed by atoms with Gasteiger partial charge in [-0.25, -0.2) is 4.79 Å². The zero-order valence-electron chi connectivity index (χ0n) is 7.69. The molecule has 1 saturated heterocycles. The molecule has 2 atom stereocenters. The second kappa shape index (κ2) is 3.74. The van der Waals surface area contributed by atoms with E-state index >= 15 is 0 Å². The third-order valence-electron chi connectivity index (χ3n) is 2.01. The molecule has 1 aliphatic rings. The number of nitrogens with zero attached hydrogens (tertiary/aromatic N) is 1. The zero-order chi connectivity index (χ0) is 10.0. The van der Waals surface area contributed by atoms with Crippen molar-refractivity contribution in [3.8, 4) is 0 Å². The highest BCUT2D eigenvalue weighted by molar-refractivity contribution is 5.82. The van der Waals surface area contributed by atoms with Gasteiger partial charge < -0.3 is 14.7 Å². The molecule has 0 aliphatic carbocycles. The van der Waals surface area contributed by atoms with Crippen LogP contribution in [-0.4, -0.2) is 48.2 Å². The largest absolute Gasteiger partial charge is 0.479 e. The quantitative estimate of drug-likeness (QED) is 0.645. The summed E-state index contributed by atoms with van der Waals surface area (Å²) in [6, 6.07) is 0. The van der Waals surface area contributed by atoms with Crippen molar-refractivity contribution in [2.75, 3.05) is 14.1 Å². The number of amides is 1. The number of carbonyl (C=O) groups is 2. The summed E-state index contributed by atoms with van der Waals surface area (Å²) < 4.78 is 5.06. The average molecular weight is 187 g/mol. The van der Waals surface area contributed by atoms with E-state index in [9.17, 15) is 9.59 Å². The van der Waals surface area contributed by atoms with Gasteiger partial charge in [0.05, 0.1) is 0 Å². The first-order chi connectivity index (χ1) is 6.02. The molecule has 0 radical (unpaired) electrons. The van der Waals surface area contributed by atoms with Crippen LogP contribution in [0.15, 0.2) is 0 Å². The van der Waals surface area contributed by atoms with Gasteiger partial charge in [-0.2, -0.15) is 0 Å². The molecule has 1 N–H and O–H groups in total. The molecule has 5 heteroatoms. The van der Waals surface area contributed by atoms with Crippen LogP contribution in [0.2, 0.25) is 0 Å². The summed E-state index contributed by atoms with van der Waals surface area (Å²) in [5.74, 6) is -1.15. The van der Waals surface area contributed by atoms with Crippen LogP contribution < -0.4 is 0 Å². The lowest BCUT2D eigenvalue weighted by Gasteiger charge is -2.15. The van der Waals surface area contributed by atoms with Crippen LogP contribution >= 0.6 is 0 Å². The predicted octanol–water partition coefficient (Wildman–Crippen LogP) is -0.293. The lowest BCUT2D eigenvalue weighted by atomic mass is 10.2. The van der Waals surface area contributed by atoms with Gasteiger partial charge in [-0.15, -0.1) is 0 Å². The standard InChI is InChI=1S/C8H13NO4/c1-9(2)7(10)5-3-4-6(13-5)8(11)12/h5-6H,3-4H2,1-2H3,(H,11,12)/t5-,6+/m1/s1. The second-order valence-corrected chi connectivity index (χ2v) is 3.26. The van der Waals surface area contributed by atoms with Crippen molar-refractivity contribution in [1.29, 1.82) is 0 Å². The molecule has 0 unspecified atom stereocenters. The van der Waals surface area contributed by atoms with Crippen molar-refractivity contribution < 1.29 is 19.4 Å². The van der Waals surface area contributed by atoms with E-state index in [-0.39, 0.29) is 5.91 Å². The summed E-state index contributed by atoms with van der Waals surface area (Å²) in [5.41, 5.74) is 0. The number of likely N-dealkylation sites (N-methyl/N-ethyl adjacent to an activating group) is 1. The van der Waals surface area contributed by atoms with E-state index in [4.69, 9.17) is 9.84 Å². The first kappa shape index (κ1) is 9.98. The fourth-order valence-corrected chi connectivity index (χ4v) is 1.29. The SMILES string of the molecule is CN(C)C(=O)[C@H]1CC[C@@H](C(=O)O)O1. The topological polar surface area (TPSA) is 66.8 Å². The summed E-state index contributed by atoms with van der Waals surface area (Å²) in [7, 11) is 3.25. The van der Waals surface area contributed by atoms with Gasteiger partial charge in [0.1, 0.15) is 6.10 Å². The van der Waals surface area contributed by atoms with Crippen LogP contribution in [0.1, 0.15) is 12.8 Å². The number of hydrogen-bond donors (Lipinski definition) is 1. The molecular formula is C8H13NO4. The van der Waals surface area contributed by atoms with Crippen LogP contribution in [-0.2, 0) is 14.3 Å². The molecule has 0 aromatic heterocycles. The van der Waals surface area contributed by atoms with E-state index in [0.717, 1.165) is 0 Å². The van der Waals surface area contributed by atoms with Gasteiger partial charge in [0.15, 0.2) is 6.10 Å². The summed E-state index contributed by atoms with van der Waals surface area (Å²) in [6.45, 7) is 0. The Morgan fingerprint density at radius 1 is 1.31 bits per heavy atom. The fourth-order valence-electron chi connectivity index (χ4n) is 1.29. The lowest BCUT2D eigenvalue weighted by Crippen LogP contribution is -2.34. The third kappa shape index (κ3) is 2.18. The maximum Gasteiger partial charge on any atom is 0.332 e. The Morgan fingerprint density at radius 3 is 2.23 bits per heavy atom. The van der Waals surface area contributed by atoms with Crippen LogP contribution in [0.5, 0.6) is 0 Å². The number of hydrogen-bond acceptors (Lipinski definition) is 3. The molecular weight excluding hydrogens is 174 g/mol. The molecule has 1 heterocycles. The highest BCUT2D eigenvalue weighted by atomic mass is 16.5. The van der Waals surface area contributed by atoms with Gasteiger partial charge in [-0.1, -0.05) is 0 Å². The molecule has 5 nitrogen and oxygen atoms in total. The lowest BCUT2D eigenvalue weighted by molar-refractivity contribution is -0.153. The Morgan fingerprint density at radius 2 is 1.85 bits per heavy atom. The maximum absolute atomic E-state index is 11.3. The van der Waals surface area contributed by atoms with E-state index < -0.39 is 18.2 Å². The predicted molar refractivity (Wildman–Crippen MR) is 44.2 cm³/mol. The van der Waals surface area contributed by atoms with Crippen molar-refractivity contribution in [3.05, 3.63) is 0 Å². The summed E-state index contributed by atoms with van der Waals surface area (Å²) in [6.07, 6.45) is -0.474. The van der Waals surface area contributed by atoms with Crippen molar-refractivity contribution in [3.63, 3.8) is 0 Å². The molecule has 0 spiro atoms. The number of carboxylic acid groups (broad SMARTS) is 1. The minimum Gasteiger partial charge on any atom is -0.479 e. The monoisotopic (exact) mass is 187 g/mol. The Kier molecular flexibility index (Phi) is 2.87. The number of ether oxygens (including phenoxy) is 1. The molecule has 1 aliphatic heterocycles. The maximum atomic E-state index is 11.3. The second-order valence-electron chi connectivity index (χ2n) is 3.26. The van der Waals surface area contributed by atoms with Crippen molar-refractivity contribution in [2.45, 2.75) is 25.0 Å². The van der Waals surface area contributed by atoms with Gasteiger partial charge in [-0.05, 0) is 12.8 Å². The summed E-state index contributed by atoms with van der Waals surface area (Å²) >= 11 is 0. The van der Waals surface area contributed by atoms with Gasteiger partial charge in [-0.3, -0.25) is 4.79 Å². The molecule has 1 amide bonds. The number of carbonyl (C=O) groups excluding carboxylic acids is 1. The van der Waals surface area contributed by atoms with Crippen LogP contribution in [0, 0.1) is 0 Å². The minimum atomic E-state index is -0.992. The Labute approximate surface area is 76.3 Å². The van der Waals surface area contributed by atoms with Crippen molar-refractivity contribution >= 4 is 11.9 Å². The smallest absolute Gasteiger partial charge is 0.332 e. The van der Waals surface area contributed by atoms with E-state index in [1.807, 2.05) is 0 Å². The molecule has 1 rings (SSSR count). The molecule has 0 aromatic carbocycles. The summed E-state index contributed by atoms with van der Waals surface area (Å²) in [4.78, 5) is 23.2. The van der Waals surface area contributed by atoms with Gasteiger partial charge in [0.2, 0.25) is 0 Å². The van der Waals surface area contributed by atoms with Crippen LogP contribution in [0.25, 0.3) is 0 Å². The molecule has 0 saturated carbocycles. The molecule has 0 bridgehead atoms. The Bertz CT molecular complexity index is 226. The Hall–Kier alpha value is -1.10. The van der Waals surface area contributed by atoms with Gasteiger partial charge in [0.25, 0.3) is 5.91 Å². The van der Waals surface area contributed by atoms with E-state index in [2.05, 4.69) is 0 Å². The fraction of sp³-hybridized carbons (Fsp3) is 0.750. The zero-order valence-corrected chi connectivity index (χ0v) is 7.69. The first-order valence-electron chi connectivity index (χ1n) is 4.12. The van der Waals surface area contributed by atoms with Gasteiger partial charge in [0, 0.05) is 14.1 Å². The first-order valence-corrected chi connectivity index (χ1v) is 4.12. The van der Waals surface area contributed by atoms with E-state index in [1.165, 1.54) is 4.90 Å². The van der Waals surface area contributed by atoms with Crippen LogP contribution in [0.3, 0.4) is 0 Å². The van der Waals surface area contributed by atoms with Gasteiger partial charge >= 0.3 is 5.97 Å². The molecule has 74 valence electrons. The van der Waals surface area contributed by atoms with Crippen molar-refractivity contribution in [2.24, 2.45) is 0 Å². The Balaban J connectivity index is 2.50. The highest BCUT2D eigenvalue weighted by Gasteiger charge is 2.35. The van der Waals surface area contributed by atoms with Crippen molar-refractivity contribution in [1.82, 2.24) is 4.90 Å². The van der Waals surface area contributed by atoms with Crippen LogP contribution in [0.4, 0.5) is 0 Å². The molecule has 1 fully saturated rings. The average Bonchev–Trinajstić information content (AvgIpc) is 2.50. The highest BCUT2D eigenvalue weighted by Crippen LogP contribution is 2.20.